The molecule has 0 aliphatic heterocycles. The molecule has 0 aliphatic carbocycles. The van der Waals surface area contributed by atoms with Crippen molar-refractivity contribution >= 4 is 6.40 Å². The second kappa shape index (κ2) is 4.18. The first-order chi connectivity index (χ1) is 3.81. The quantitative estimate of drug-likeness (QED) is 0.306. The van der Waals surface area contributed by atoms with Gasteiger partial charge in [-0.1, -0.05) is 6.58 Å². The lowest BCUT2D eigenvalue weighted by Gasteiger charge is -2.01. The highest BCUT2D eigenvalue weighted by Crippen LogP contribution is 1.78. The molecule has 46 valence electrons. The zero-order valence-electron chi connectivity index (χ0n) is 5.16. The maximum atomic E-state index is 4.53. The van der Waals surface area contributed by atoms with Crippen molar-refractivity contribution in [1.82, 2.24) is 5.01 Å². The smallest absolute Gasteiger partial charge is 0.192 e. The number of hydrogen-bond donors (Lipinski definition) is 0. The molecule has 0 radical (unpaired) electrons. The summed E-state index contributed by atoms with van der Waals surface area (Å²) in [7, 11) is 3.31. The van der Waals surface area contributed by atoms with Crippen LogP contribution < -0.4 is 0 Å². The van der Waals surface area contributed by atoms with Crippen molar-refractivity contribution in [3.8, 4) is 0 Å². The molecule has 0 aromatic rings. The minimum Gasteiger partial charge on any atom is -0.485 e. The van der Waals surface area contributed by atoms with Crippen LogP contribution in [-0.2, 0) is 4.74 Å². The fourth-order valence-corrected chi connectivity index (χ4v) is 0.169. The SMILES string of the molecule is C=CN(C)/N=C\OC. The molecule has 0 amide bonds. The molecule has 8 heavy (non-hydrogen) atoms. The zero-order valence-corrected chi connectivity index (χ0v) is 5.16. The van der Waals surface area contributed by atoms with Crippen molar-refractivity contribution in [2.45, 2.75) is 0 Å². The van der Waals surface area contributed by atoms with Crippen LogP contribution in [0, 0.1) is 0 Å². The minimum absolute atomic E-state index is 1.34. The predicted molar refractivity (Wildman–Crippen MR) is 33.5 cm³/mol. The second-order valence-electron chi connectivity index (χ2n) is 1.21. The molecular weight excluding hydrogens is 104 g/mol. The maximum Gasteiger partial charge on any atom is 0.192 e. The third kappa shape index (κ3) is 3.21. The van der Waals surface area contributed by atoms with Gasteiger partial charge in [-0.15, -0.1) is 5.10 Å². The van der Waals surface area contributed by atoms with Crippen LogP contribution in [0.4, 0.5) is 0 Å². The highest BCUT2D eigenvalue weighted by atomic mass is 16.5. The molecule has 0 unspecified atom stereocenters. The summed E-state index contributed by atoms with van der Waals surface area (Å²) in [6.45, 7) is 3.47. The summed E-state index contributed by atoms with van der Waals surface area (Å²) in [6.07, 6.45) is 2.91. The summed E-state index contributed by atoms with van der Waals surface area (Å²) in [5.74, 6) is 0. The van der Waals surface area contributed by atoms with Gasteiger partial charge in [0, 0.05) is 13.2 Å². The van der Waals surface area contributed by atoms with Gasteiger partial charge in [0.25, 0.3) is 0 Å². The molecule has 0 fully saturated rings. The van der Waals surface area contributed by atoms with Crippen LogP contribution in [0.15, 0.2) is 17.9 Å². The standard InChI is InChI=1S/C5H10N2O/c1-4-7(2)6-5-8-3/h4-5H,1H2,2-3H3/b6-5-. The average Bonchev–Trinajstić information content (AvgIpc) is 1.83. The van der Waals surface area contributed by atoms with Gasteiger partial charge in [-0.25, -0.2) is 0 Å². The van der Waals surface area contributed by atoms with E-state index in [-0.39, 0.29) is 0 Å². The van der Waals surface area contributed by atoms with E-state index in [4.69, 9.17) is 0 Å². The van der Waals surface area contributed by atoms with Crippen LogP contribution in [0.1, 0.15) is 0 Å². The van der Waals surface area contributed by atoms with E-state index in [1.807, 2.05) is 0 Å². The van der Waals surface area contributed by atoms with E-state index in [0.717, 1.165) is 0 Å². The van der Waals surface area contributed by atoms with Gasteiger partial charge in [0.1, 0.15) is 0 Å². The van der Waals surface area contributed by atoms with Gasteiger partial charge in [0.2, 0.25) is 0 Å². The number of methoxy groups -OCH3 is 1. The summed E-state index contributed by atoms with van der Waals surface area (Å²) >= 11 is 0. The fraction of sp³-hybridized carbons (Fsp3) is 0.400. The Labute approximate surface area is 49.2 Å². The fourth-order valence-electron chi connectivity index (χ4n) is 0.169. The normalized spacial score (nSPS) is 9.25. The largest absolute Gasteiger partial charge is 0.485 e. The van der Waals surface area contributed by atoms with Crippen LogP contribution >= 0.6 is 0 Å². The highest BCUT2D eigenvalue weighted by molar-refractivity contribution is 5.45. The van der Waals surface area contributed by atoms with Crippen molar-refractivity contribution in [2.75, 3.05) is 14.2 Å². The van der Waals surface area contributed by atoms with Crippen molar-refractivity contribution in [2.24, 2.45) is 5.10 Å². The molecule has 0 bridgehead atoms. The molecule has 0 aliphatic rings. The monoisotopic (exact) mass is 114 g/mol. The second-order valence-corrected chi connectivity index (χ2v) is 1.21. The molecular formula is C5H10N2O. The molecule has 0 atom stereocenters. The van der Waals surface area contributed by atoms with E-state index in [1.165, 1.54) is 6.40 Å². The molecule has 0 aromatic heterocycles. The highest BCUT2D eigenvalue weighted by Gasteiger charge is 1.74. The summed E-state index contributed by atoms with van der Waals surface area (Å²) in [6, 6.07) is 0. The summed E-state index contributed by atoms with van der Waals surface area (Å²) in [4.78, 5) is 0. The van der Waals surface area contributed by atoms with Crippen LogP contribution in [0.3, 0.4) is 0 Å². The molecule has 0 aromatic carbocycles. The number of hydrazone groups is 1. The Balaban J connectivity index is 3.35. The van der Waals surface area contributed by atoms with Crippen LogP contribution in [0.25, 0.3) is 0 Å². The minimum atomic E-state index is 1.34. The lowest BCUT2D eigenvalue weighted by molar-refractivity contribution is 0.394. The van der Waals surface area contributed by atoms with Gasteiger partial charge in [0.15, 0.2) is 6.40 Å². The first kappa shape index (κ1) is 7.01. The Kier molecular flexibility index (Phi) is 3.66. The molecule has 0 saturated heterocycles. The first-order valence-electron chi connectivity index (χ1n) is 2.22. The van der Waals surface area contributed by atoms with Crippen LogP contribution in [-0.4, -0.2) is 25.6 Å². The Morgan fingerprint density at radius 1 is 1.75 bits per heavy atom. The Hall–Kier alpha value is -0.990. The lowest BCUT2D eigenvalue weighted by atomic mass is 11.0. The molecule has 3 nitrogen and oxygen atoms in total. The van der Waals surface area contributed by atoms with Gasteiger partial charge < -0.3 is 4.74 Å². The van der Waals surface area contributed by atoms with Crippen molar-refractivity contribution in [3.63, 3.8) is 0 Å². The Morgan fingerprint density at radius 2 is 2.38 bits per heavy atom. The maximum absolute atomic E-state index is 4.53. The van der Waals surface area contributed by atoms with Gasteiger partial charge in [-0.05, 0) is 0 Å². The van der Waals surface area contributed by atoms with Crippen molar-refractivity contribution in [1.29, 1.82) is 0 Å². The van der Waals surface area contributed by atoms with E-state index < -0.39 is 0 Å². The Morgan fingerprint density at radius 3 is 2.75 bits per heavy atom. The Bertz CT molecular complexity index is 90.4. The molecule has 0 heterocycles. The van der Waals surface area contributed by atoms with E-state index in [9.17, 15) is 0 Å². The molecule has 0 rings (SSSR count). The topological polar surface area (TPSA) is 24.8 Å². The zero-order chi connectivity index (χ0) is 6.41. The summed E-state index contributed by atoms with van der Waals surface area (Å²) < 4.78 is 4.53. The van der Waals surface area contributed by atoms with Gasteiger partial charge in [-0.2, -0.15) is 0 Å². The molecule has 3 heteroatoms. The summed E-state index contributed by atoms with van der Waals surface area (Å²) in [5, 5.41) is 5.27. The number of hydrogen-bond acceptors (Lipinski definition) is 3. The van der Waals surface area contributed by atoms with E-state index in [2.05, 4.69) is 16.4 Å². The van der Waals surface area contributed by atoms with Gasteiger partial charge >= 0.3 is 0 Å². The number of ether oxygens (including phenoxy) is 1. The van der Waals surface area contributed by atoms with Crippen LogP contribution in [0.2, 0.25) is 0 Å². The molecule has 0 N–H and O–H groups in total. The average molecular weight is 114 g/mol. The first-order valence-corrected chi connectivity index (χ1v) is 2.22. The summed E-state index contributed by atoms with van der Waals surface area (Å²) in [5.41, 5.74) is 0. The number of nitrogens with zero attached hydrogens (tertiary/aromatic N) is 2. The van der Waals surface area contributed by atoms with E-state index in [1.54, 1.807) is 25.4 Å². The predicted octanol–water partition coefficient (Wildman–Crippen LogP) is 0.651. The van der Waals surface area contributed by atoms with Crippen molar-refractivity contribution < 1.29 is 4.74 Å². The lowest BCUT2D eigenvalue weighted by Crippen LogP contribution is -1.99. The molecule has 0 saturated carbocycles. The van der Waals surface area contributed by atoms with Gasteiger partial charge in [-0.3, -0.25) is 5.01 Å². The third-order valence-corrected chi connectivity index (χ3v) is 0.599. The van der Waals surface area contributed by atoms with Gasteiger partial charge in [0.05, 0.1) is 7.11 Å². The molecule has 0 spiro atoms. The van der Waals surface area contributed by atoms with Crippen LogP contribution in [0.5, 0.6) is 0 Å². The van der Waals surface area contributed by atoms with Crippen molar-refractivity contribution in [3.05, 3.63) is 12.8 Å². The van der Waals surface area contributed by atoms with E-state index >= 15 is 0 Å². The third-order valence-electron chi connectivity index (χ3n) is 0.599. The van der Waals surface area contributed by atoms with E-state index in [0.29, 0.717) is 0 Å². The number of rotatable bonds is 3.